The third-order valence-electron chi connectivity index (χ3n) is 4.94. The van der Waals surface area contributed by atoms with E-state index in [4.69, 9.17) is 17.0 Å². The zero-order valence-corrected chi connectivity index (χ0v) is 21.8. The molecule has 0 saturated carbocycles. The number of thiazole rings is 1. The van der Waals surface area contributed by atoms with E-state index in [0.717, 1.165) is 34.0 Å². The van der Waals surface area contributed by atoms with E-state index in [2.05, 4.69) is 39.2 Å². The third-order valence-corrected chi connectivity index (χ3v) is 7.06. The number of aromatic nitrogens is 2. The van der Waals surface area contributed by atoms with Gasteiger partial charge in [-0.05, 0) is 55.4 Å². The van der Waals surface area contributed by atoms with Crippen LogP contribution in [0.25, 0.3) is 0 Å². The van der Waals surface area contributed by atoms with E-state index in [-0.39, 0.29) is 29.7 Å². The van der Waals surface area contributed by atoms with Gasteiger partial charge in [0.05, 0.1) is 22.5 Å². The molecular weight excluding hydrogens is 496 g/mol. The van der Waals surface area contributed by atoms with Crippen LogP contribution in [0, 0.1) is 19.3 Å². The molecule has 2 heterocycles. The molecule has 0 fully saturated rings. The molecule has 1 unspecified atom stereocenters. The number of benzene rings is 1. The van der Waals surface area contributed by atoms with E-state index in [1.165, 1.54) is 0 Å². The van der Waals surface area contributed by atoms with E-state index in [9.17, 15) is 15.0 Å². The number of nitrogens with zero attached hydrogens (tertiary/aromatic N) is 2. The predicted octanol–water partition coefficient (Wildman–Crippen LogP) is 4.99. The summed E-state index contributed by atoms with van der Waals surface area (Å²) in [6.07, 6.45) is -0.660. The highest BCUT2D eigenvalue weighted by Gasteiger charge is 2.22. The summed E-state index contributed by atoms with van der Waals surface area (Å²) in [5, 5.41) is 37.6. The molecule has 0 saturated heterocycles. The highest BCUT2D eigenvalue weighted by Crippen LogP contribution is 2.35. The van der Waals surface area contributed by atoms with Gasteiger partial charge in [-0.15, -0.1) is 0 Å². The quantitative estimate of drug-likeness (QED) is 0.180. The molecule has 3 aromatic rings. The van der Waals surface area contributed by atoms with Gasteiger partial charge in [-0.25, -0.2) is 4.98 Å². The first-order valence-corrected chi connectivity index (χ1v) is 12.5. The van der Waals surface area contributed by atoms with Crippen molar-refractivity contribution in [3.8, 4) is 5.88 Å². The minimum atomic E-state index is -0.660. The molecule has 0 radical (unpaired) electrons. The number of amides is 1. The topological polar surface area (TPSA) is 143 Å². The number of aliphatic hydroxyl groups excluding tert-OH is 1. The second-order valence-electron chi connectivity index (χ2n) is 8.18. The maximum atomic E-state index is 13.0. The summed E-state index contributed by atoms with van der Waals surface area (Å²) in [6.45, 7) is 9.52. The van der Waals surface area contributed by atoms with Gasteiger partial charge in [-0.1, -0.05) is 42.9 Å². The normalized spacial score (nSPS) is 12.0. The van der Waals surface area contributed by atoms with Crippen LogP contribution in [0.15, 0.2) is 12.1 Å². The maximum absolute atomic E-state index is 13.0. The number of aliphatic hydroxyl groups is 1. The zero-order chi connectivity index (χ0) is 25.2. The SMILES string of the molecule is Cc1cc(C(C)C)cc(Cl)c1NC(=O)c1sc(Nc2snc(O)c2C(=N)NCC(C)O)nc1C. The number of amidine groups is 1. The van der Waals surface area contributed by atoms with Gasteiger partial charge in [0, 0.05) is 6.54 Å². The number of hydrogen-bond acceptors (Lipinski definition) is 9. The van der Waals surface area contributed by atoms with Crippen molar-refractivity contribution in [2.75, 3.05) is 17.2 Å². The number of nitrogens with one attached hydrogen (secondary N) is 4. The first kappa shape index (κ1) is 25.9. The molecule has 0 aliphatic carbocycles. The van der Waals surface area contributed by atoms with Crippen LogP contribution >= 0.6 is 34.5 Å². The Morgan fingerprint density at radius 2 is 1.97 bits per heavy atom. The number of carbonyl (C=O) groups excluding carboxylic acids is 1. The van der Waals surface area contributed by atoms with Crippen molar-refractivity contribution < 1.29 is 15.0 Å². The Bertz CT molecular complexity index is 1200. The molecule has 0 spiro atoms. The molecule has 0 aliphatic heterocycles. The summed E-state index contributed by atoms with van der Waals surface area (Å²) in [4.78, 5) is 17.8. The fraction of sp³-hybridized carbons (Fsp3) is 0.364. The third kappa shape index (κ3) is 5.84. The number of rotatable bonds is 8. The molecule has 3 rings (SSSR count). The fourth-order valence-electron chi connectivity index (χ4n) is 3.12. The lowest BCUT2D eigenvalue weighted by molar-refractivity contribution is 0.102. The minimum Gasteiger partial charge on any atom is -0.492 e. The first-order chi connectivity index (χ1) is 16.0. The van der Waals surface area contributed by atoms with Gasteiger partial charge in [-0.2, -0.15) is 4.37 Å². The standard InChI is InChI=1S/C22H27ClN6O3S2/c1-9(2)13-6-10(3)16(14(23)7-13)27-20(32)17-12(5)26-22(33-17)28-21-15(19(31)29-34-21)18(24)25-8-11(4)30/h6-7,9,11,30H,8H2,1-5H3,(H2,24,25)(H,26,28)(H,27,32)(H,29,31). The summed E-state index contributed by atoms with van der Waals surface area (Å²) in [7, 11) is 0. The van der Waals surface area contributed by atoms with Gasteiger partial charge in [0.15, 0.2) is 5.13 Å². The van der Waals surface area contributed by atoms with Gasteiger partial charge >= 0.3 is 0 Å². The number of hydrogen-bond donors (Lipinski definition) is 6. The lowest BCUT2D eigenvalue weighted by Gasteiger charge is -2.14. The Morgan fingerprint density at radius 3 is 2.59 bits per heavy atom. The average molecular weight is 523 g/mol. The van der Waals surface area contributed by atoms with Gasteiger partial charge in [0.25, 0.3) is 5.91 Å². The summed E-state index contributed by atoms with van der Waals surface area (Å²) >= 11 is 8.55. The van der Waals surface area contributed by atoms with Gasteiger partial charge in [0.1, 0.15) is 21.3 Å². The number of anilines is 3. The minimum absolute atomic E-state index is 0.0872. The first-order valence-electron chi connectivity index (χ1n) is 10.5. The number of carbonyl (C=O) groups is 1. The van der Waals surface area contributed by atoms with Gasteiger partial charge in [0.2, 0.25) is 5.88 Å². The van der Waals surface area contributed by atoms with Crippen LogP contribution in [0.1, 0.15) is 58.7 Å². The predicted molar refractivity (Wildman–Crippen MR) is 139 cm³/mol. The van der Waals surface area contributed by atoms with Crippen molar-refractivity contribution in [1.82, 2.24) is 14.7 Å². The Kier molecular flexibility index (Phi) is 8.13. The summed E-state index contributed by atoms with van der Waals surface area (Å²) < 4.78 is 3.89. The molecule has 12 heteroatoms. The van der Waals surface area contributed by atoms with E-state index >= 15 is 0 Å². The highest BCUT2D eigenvalue weighted by atomic mass is 35.5. The second kappa shape index (κ2) is 10.7. The van der Waals surface area contributed by atoms with Crippen LogP contribution < -0.4 is 16.0 Å². The van der Waals surface area contributed by atoms with Crippen LogP contribution in [0.4, 0.5) is 15.8 Å². The number of aryl methyl sites for hydroxylation is 2. The zero-order valence-electron chi connectivity index (χ0n) is 19.4. The monoisotopic (exact) mass is 522 g/mol. The van der Waals surface area contributed by atoms with E-state index < -0.39 is 6.10 Å². The molecule has 1 aromatic carbocycles. The lowest BCUT2D eigenvalue weighted by atomic mass is 10.00. The van der Waals surface area contributed by atoms with Crippen LogP contribution in [0.5, 0.6) is 5.88 Å². The van der Waals surface area contributed by atoms with Gasteiger partial charge in [-0.3, -0.25) is 10.2 Å². The molecule has 2 aromatic heterocycles. The van der Waals surface area contributed by atoms with Gasteiger partial charge < -0.3 is 26.2 Å². The summed E-state index contributed by atoms with van der Waals surface area (Å²) in [6, 6.07) is 3.87. The fourth-order valence-corrected chi connectivity index (χ4v) is 5.07. The highest BCUT2D eigenvalue weighted by molar-refractivity contribution is 7.18. The molecule has 6 N–H and O–H groups in total. The smallest absolute Gasteiger partial charge is 0.267 e. The van der Waals surface area contributed by atoms with Crippen molar-refractivity contribution in [3.63, 3.8) is 0 Å². The van der Waals surface area contributed by atoms with Crippen molar-refractivity contribution >= 4 is 62.0 Å². The molecule has 34 heavy (non-hydrogen) atoms. The van der Waals surface area contributed by atoms with Crippen LogP contribution in [0.3, 0.4) is 0 Å². The summed E-state index contributed by atoms with van der Waals surface area (Å²) in [5.74, 6) is -0.408. The van der Waals surface area contributed by atoms with Crippen molar-refractivity contribution in [2.45, 2.75) is 46.6 Å². The Labute approximate surface area is 210 Å². The average Bonchev–Trinajstić information content (AvgIpc) is 3.30. The largest absolute Gasteiger partial charge is 0.492 e. The molecule has 0 aliphatic rings. The maximum Gasteiger partial charge on any atom is 0.267 e. The van der Waals surface area contributed by atoms with Crippen molar-refractivity contribution in [2.24, 2.45) is 0 Å². The van der Waals surface area contributed by atoms with E-state index in [1.54, 1.807) is 13.8 Å². The van der Waals surface area contributed by atoms with E-state index in [1.807, 2.05) is 19.1 Å². The second-order valence-corrected chi connectivity index (χ2v) is 10.4. The van der Waals surface area contributed by atoms with Crippen LogP contribution in [-0.4, -0.2) is 44.0 Å². The van der Waals surface area contributed by atoms with E-state index in [0.29, 0.717) is 37.3 Å². The van der Waals surface area contributed by atoms with Crippen molar-refractivity contribution in [1.29, 1.82) is 5.41 Å². The summed E-state index contributed by atoms with van der Waals surface area (Å²) in [5.41, 5.74) is 3.22. The van der Waals surface area contributed by atoms with Crippen LogP contribution in [-0.2, 0) is 0 Å². The van der Waals surface area contributed by atoms with Crippen LogP contribution in [0.2, 0.25) is 5.02 Å². The molecular formula is C22H27ClN6O3S2. The molecule has 1 atom stereocenters. The molecule has 0 bridgehead atoms. The lowest BCUT2D eigenvalue weighted by Crippen LogP contribution is -2.30. The molecule has 1 amide bonds. The Morgan fingerprint density at radius 1 is 1.26 bits per heavy atom. The Hall–Kier alpha value is -2.73. The Balaban J connectivity index is 1.80. The molecule has 182 valence electrons. The number of halogens is 1. The molecule has 9 nitrogen and oxygen atoms in total. The number of aromatic hydroxyl groups is 1. The van der Waals surface area contributed by atoms with Crippen molar-refractivity contribution in [3.05, 3.63) is 44.4 Å².